The summed E-state index contributed by atoms with van der Waals surface area (Å²) in [6.07, 6.45) is 5.30. The topological polar surface area (TPSA) is 58.1 Å². The number of nitrogens with zero attached hydrogens (tertiary/aromatic N) is 3. The highest BCUT2D eigenvalue weighted by molar-refractivity contribution is 9.10. The Balaban J connectivity index is 1.42. The van der Waals surface area contributed by atoms with E-state index < -0.39 is 0 Å². The molecule has 5 nitrogen and oxygen atoms in total. The van der Waals surface area contributed by atoms with Crippen molar-refractivity contribution < 1.29 is 4.79 Å². The van der Waals surface area contributed by atoms with Crippen molar-refractivity contribution >= 4 is 39.4 Å². The Morgan fingerprint density at radius 3 is 2.80 bits per heavy atom. The van der Waals surface area contributed by atoms with Crippen molar-refractivity contribution in [1.29, 1.82) is 0 Å². The van der Waals surface area contributed by atoms with Crippen molar-refractivity contribution in [2.24, 2.45) is 5.92 Å². The van der Waals surface area contributed by atoms with Crippen LogP contribution in [0, 0.1) is 5.92 Å². The lowest BCUT2D eigenvalue weighted by Gasteiger charge is -2.33. The minimum absolute atomic E-state index is 0.0533. The van der Waals surface area contributed by atoms with E-state index in [1.165, 1.54) is 0 Å². The van der Waals surface area contributed by atoms with Gasteiger partial charge in [-0.05, 0) is 42.7 Å². The third kappa shape index (κ3) is 5.40. The lowest BCUT2D eigenvalue weighted by atomic mass is 9.97. The van der Waals surface area contributed by atoms with Crippen molar-refractivity contribution in [2.45, 2.75) is 29.3 Å². The zero-order valence-electron chi connectivity index (χ0n) is 16.5. The third-order valence-electron chi connectivity index (χ3n) is 5.05. The first kappa shape index (κ1) is 20.9. The molecular weight excluding hydrogens is 460 g/mol. The fraction of sp³-hybridized carbons (Fsp3) is 0.261. The maximum absolute atomic E-state index is 12.8. The van der Waals surface area contributed by atoms with Crippen LogP contribution in [0.15, 0.2) is 81.4 Å². The summed E-state index contributed by atoms with van der Waals surface area (Å²) in [5.74, 6) is 0.902. The molecule has 1 fully saturated rings. The van der Waals surface area contributed by atoms with Crippen LogP contribution >= 0.6 is 27.7 Å². The summed E-state index contributed by atoms with van der Waals surface area (Å²) in [5.41, 5.74) is 1.08. The number of benzene rings is 2. The minimum atomic E-state index is -0.0533. The SMILES string of the molecule is O=C(NCc1cccc(Br)c1)C1CCCN(c2nccnc2Sc2ccccc2)C1. The van der Waals surface area contributed by atoms with E-state index in [-0.39, 0.29) is 11.8 Å². The van der Waals surface area contributed by atoms with Gasteiger partial charge in [-0.3, -0.25) is 4.79 Å². The highest BCUT2D eigenvalue weighted by atomic mass is 79.9. The molecule has 1 aliphatic heterocycles. The van der Waals surface area contributed by atoms with Gasteiger partial charge in [0, 0.05) is 41.4 Å². The van der Waals surface area contributed by atoms with Crippen LogP contribution in [0.5, 0.6) is 0 Å². The molecule has 154 valence electrons. The standard InChI is InChI=1S/C23H23BrN4OS/c24-19-8-4-6-17(14-19)15-27-22(29)18-7-5-13-28(16-18)21-23(26-12-11-25-21)30-20-9-2-1-3-10-20/h1-4,6,8-12,14,18H,5,7,13,15-16H2,(H,27,29). The van der Waals surface area contributed by atoms with Gasteiger partial charge in [-0.25, -0.2) is 9.97 Å². The lowest BCUT2D eigenvalue weighted by molar-refractivity contribution is -0.125. The van der Waals surface area contributed by atoms with Crippen molar-refractivity contribution in [1.82, 2.24) is 15.3 Å². The number of hydrogen-bond acceptors (Lipinski definition) is 5. The molecule has 1 amide bonds. The summed E-state index contributed by atoms with van der Waals surface area (Å²) in [6.45, 7) is 2.08. The Hall–Kier alpha value is -2.38. The maximum Gasteiger partial charge on any atom is 0.225 e. The Kier molecular flexibility index (Phi) is 7.02. The van der Waals surface area contributed by atoms with E-state index in [0.717, 1.165) is 45.2 Å². The van der Waals surface area contributed by atoms with Gasteiger partial charge in [0.2, 0.25) is 5.91 Å². The molecule has 1 aliphatic rings. The molecule has 0 saturated carbocycles. The first-order valence-corrected chi connectivity index (χ1v) is 11.6. The van der Waals surface area contributed by atoms with Gasteiger partial charge in [-0.1, -0.05) is 58.0 Å². The molecule has 30 heavy (non-hydrogen) atoms. The molecule has 0 spiro atoms. The lowest BCUT2D eigenvalue weighted by Crippen LogP contribution is -2.43. The molecule has 1 atom stereocenters. The quantitative estimate of drug-likeness (QED) is 0.539. The van der Waals surface area contributed by atoms with E-state index in [1.807, 2.05) is 42.5 Å². The molecule has 3 aromatic rings. The number of halogens is 1. The second-order valence-electron chi connectivity index (χ2n) is 7.23. The molecule has 4 rings (SSSR count). The van der Waals surface area contributed by atoms with Crippen LogP contribution in [-0.2, 0) is 11.3 Å². The average Bonchev–Trinajstić information content (AvgIpc) is 2.79. The molecule has 1 saturated heterocycles. The highest BCUT2D eigenvalue weighted by Gasteiger charge is 2.28. The summed E-state index contributed by atoms with van der Waals surface area (Å²) >= 11 is 5.08. The first-order chi connectivity index (χ1) is 14.7. The van der Waals surface area contributed by atoms with E-state index >= 15 is 0 Å². The van der Waals surface area contributed by atoms with Gasteiger partial charge in [0.05, 0.1) is 5.92 Å². The number of rotatable bonds is 6. The third-order valence-corrected chi connectivity index (χ3v) is 6.53. The molecule has 7 heteroatoms. The van der Waals surface area contributed by atoms with Crippen LogP contribution in [0.25, 0.3) is 0 Å². The molecule has 2 aromatic carbocycles. The summed E-state index contributed by atoms with van der Waals surface area (Å²) in [4.78, 5) is 25.3. The molecular formula is C23H23BrN4OS. The zero-order valence-corrected chi connectivity index (χ0v) is 18.9. The second-order valence-corrected chi connectivity index (χ2v) is 9.21. The normalized spacial score (nSPS) is 16.3. The number of carbonyl (C=O) groups excluding carboxylic acids is 1. The number of carbonyl (C=O) groups is 1. The van der Waals surface area contributed by atoms with Crippen molar-refractivity contribution in [2.75, 3.05) is 18.0 Å². The Labute approximate surface area is 189 Å². The fourth-order valence-corrected chi connectivity index (χ4v) is 4.92. The predicted octanol–water partition coefficient (Wildman–Crippen LogP) is 4.92. The van der Waals surface area contributed by atoms with Gasteiger partial charge < -0.3 is 10.2 Å². The van der Waals surface area contributed by atoms with Crippen LogP contribution in [0.3, 0.4) is 0 Å². The molecule has 1 aromatic heterocycles. The van der Waals surface area contributed by atoms with E-state index in [2.05, 4.69) is 48.2 Å². The average molecular weight is 483 g/mol. The van der Waals surface area contributed by atoms with E-state index in [9.17, 15) is 4.79 Å². The molecule has 0 aliphatic carbocycles. The van der Waals surface area contributed by atoms with Gasteiger partial charge >= 0.3 is 0 Å². The van der Waals surface area contributed by atoms with Gasteiger partial charge in [-0.2, -0.15) is 0 Å². The van der Waals surface area contributed by atoms with Crippen LogP contribution in [0.2, 0.25) is 0 Å². The molecule has 0 radical (unpaired) electrons. The predicted molar refractivity (Wildman–Crippen MR) is 124 cm³/mol. The Morgan fingerprint density at radius 2 is 1.97 bits per heavy atom. The van der Waals surface area contributed by atoms with E-state index in [1.54, 1.807) is 24.2 Å². The van der Waals surface area contributed by atoms with E-state index in [0.29, 0.717) is 13.1 Å². The molecule has 0 bridgehead atoms. The number of nitrogens with one attached hydrogen (secondary N) is 1. The maximum atomic E-state index is 12.8. The van der Waals surface area contributed by atoms with Crippen molar-refractivity contribution in [3.05, 3.63) is 77.0 Å². The number of amides is 1. The number of piperidine rings is 1. The monoisotopic (exact) mass is 482 g/mol. The smallest absolute Gasteiger partial charge is 0.225 e. The van der Waals surface area contributed by atoms with Crippen LogP contribution in [-0.4, -0.2) is 29.0 Å². The van der Waals surface area contributed by atoms with Gasteiger partial charge in [0.25, 0.3) is 0 Å². The van der Waals surface area contributed by atoms with Gasteiger partial charge in [0.15, 0.2) is 5.82 Å². The summed E-state index contributed by atoms with van der Waals surface area (Å²) in [6, 6.07) is 18.2. The molecule has 1 unspecified atom stereocenters. The van der Waals surface area contributed by atoms with Gasteiger partial charge in [0.1, 0.15) is 5.03 Å². The van der Waals surface area contributed by atoms with Gasteiger partial charge in [-0.15, -0.1) is 0 Å². The minimum Gasteiger partial charge on any atom is -0.354 e. The van der Waals surface area contributed by atoms with Crippen LogP contribution in [0.1, 0.15) is 18.4 Å². The Bertz CT molecular complexity index is 1000. The summed E-state index contributed by atoms with van der Waals surface area (Å²) < 4.78 is 1.02. The number of hydrogen-bond donors (Lipinski definition) is 1. The van der Waals surface area contributed by atoms with Crippen LogP contribution < -0.4 is 10.2 Å². The number of aromatic nitrogens is 2. The fourth-order valence-electron chi connectivity index (χ4n) is 3.57. The zero-order chi connectivity index (χ0) is 20.8. The Morgan fingerprint density at radius 1 is 1.13 bits per heavy atom. The first-order valence-electron chi connectivity index (χ1n) is 10.00. The van der Waals surface area contributed by atoms with Crippen molar-refractivity contribution in [3.63, 3.8) is 0 Å². The van der Waals surface area contributed by atoms with Crippen molar-refractivity contribution in [3.8, 4) is 0 Å². The number of anilines is 1. The largest absolute Gasteiger partial charge is 0.354 e. The summed E-state index contributed by atoms with van der Waals surface area (Å²) in [7, 11) is 0. The highest BCUT2D eigenvalue weighted by Crippen LogP contribution is 2.33. The second kappa shape index (κ2) is 10.1. The van der Waals surface area contributed by atoms with E-state index in [4.69, 9.17) is 0 Å². The molecule has 2 heterocycles. The molecule has 1 N–H and O–H groups in total. The summed E-state index contributed by atoms with van der Waals surface area (Å²) in [5, 5.41) is 3.97. The van der Waals surface area contributed by atoms with Crippen LogP contribution in [0.4, 0.5) is 5.82 Å².